The Morgan fingerprint density at radius 3 is 2.56 bits per heavy atom. The van der Waals surface area contributed by atoms with Gasteiger partial charge in [-0.1, -0.05) is 6.07 Å². The fourth-order valence-corrected chi connectivity index (χ4v) is 2.93. The van der Waals surface area contributed by atoms with Crippen molar-refractivity contribution >= 4 is 5.82 Å². The predicted octanol–water partition coefficient (Wildman–Crippen LogP) is 3.13. The van der Waals surface area contributed by atoms with Crippen molar-refractivity contribution < 1.29 is 0 Å². The Kier molecular flexibility index (Phi) is 4.23. The van der Waals surface area contributed by atoms with Crippen molar-refractivity contribution in [2.24, 2.45) is 0 Å². The topological polar surface area (TPSA) is 28.2 Å². The minimum Gasteiger partial charge on any atom is -0.351 e. The van der Waals surface area contributed by atoms with E-state index in [2.05, 4.69) is 55.0 Å². The SMILES string of the molecule is CC(C)N(c1ncccc1[C@@H]1CCCN1)C(C)C. The van der Waals surface area contributed by atoms with Gasteiger partial charge in [-0.15, -0.1) is 0 Å². The monoisotopic (exact) mass is 247 g/mol. The Labute approximate surface area is 111 Å². The van der Waals surface area contributed by atoms with E-state index in [1.54, 1.807) is 0 Å². The van der Waals surface area contributed by atoms with Gasteiger partial charge in [-0.3, -0.25) is 0 Å². The fraction of sp³-hybridized carbons (Fsp3) is 0.667. The highest BCUT2D eigenvalue weighted by molar-refractivity contribution is 5.50. The lowest BCUT2D eigenvalue weighted by atomic mass is 10.0. The first-order valence-electron chi connectivity index (χ1n) is 7.08. The minimum absolute atomic E-state index is 0.472. The molecule has 0 amide bonds. The van der Waals surface area contributed by atoms with Crippen LogP contribution in [0.25, 0.3) is 0 Å². The molecule has 1 aliphatic rings. The second kappa shape index (κ2) is 5.70. The molecule has 1 N–H and O–H groups in total. The van der Waals surface area contributed by atoms with Gasteiger partial charge in [0, 0.05) is 29.9 Å². The molecular formula is C15H25N3. The molecule has 0 saturated carbocycles. The predicted molar refractivity (Wildman–Crippen MR) is 77.0 cm³/mol. The molecule has 1 aliphatic heterocycles. The Balaban J connectivity index is 2.36. The van der Waals surface area contributed by atoms with Gasteiger partial charge in [0.1, 0.15) is 5.82 Å². The molecule has 1 aromatic rings. The Morgan fingerprint density at radius 1 is 1.28 bits per heavy atom. The maximum absolute atomic E-state index is 4.65. The van der Waals surface area contributed by atoms with Gasteiger partial charge in [0.2, 0.25) is 0 Å². The molecule has 1 saturated heterocycles. The number of hydrogen-bond acceptors (Lipinski definition) is 3. The van der Waals surface area contributed by atoms with Crippen molar-refractivity contribution in [3.8, 4) is 0 Å². The van der Waals surface area contributed by atoms with Crippen molar-refractivity contribution in [3.05, 3.63) is 23.9 Å². The molecule has 3 nitrogen and oxygen atoms in total. The van der Waals surface area contributed by atoms with E-state index < -0.39 is 0 Å². The largest absolute Gasteiger partial charge is 0.351 e. The van der Waals surface area contributed by atoms with Gasteiger partial charge >= 0.3 is 0 Å². The van der Waals surface area contributed by atoms with Crippen LogP contribution in [0, 0.1) is 0 Å². The van der Waals surface area contributed by atoms with Crippen LogP contribution >= 0.6 is 0 Å². The molecule has 1 atom stereocenters. The summed E-state index contributed by atoms with van der Waals surface area (Å²) in [5.74, 6) is 1.15. The van der Waals surface area contributed by atoms with Crippen LogP contribution in [0.3, 0.4) is 0 Å². The molecule has 3 heteroatoms. The normalized spacial score (nSPS) is 19.8. The summed E-state index contributed by atoms with van der Waals surface area (Å²) < 4.78 is 0. The van der Waals surface area contributed by atoms with E-state index in [9.17, 15) is 0 Å². The lowest BCUT2D eigenvalue weighted by Gasteiger charge is -2.34. The van der Waals surface area contributed by atoms with E-state index in [-0.39, 0.29) is 0 Å². The van der Waals surface area contributed by atoms with Crippen molar-refractivity contribution in [2.75, 3.05) is 11.4 Å². The molecule has 0 aliphatic carbocycles. The van der Waals surface area contributed by atoms with E-state index in [1.165, 1.54) is 18.4 Å². The third-order valence-corrected chi connectivity index (χ3v) is 3.61. The molecule has 2 heterocycles. The summed E-state index contributed by atoms with van der Waals surface area (Å²) in [6, 6.07) is 5.70. The van der Waals surface area contributed by atoms with E-state index in [0.29, 0.717) is 18.1 Å². The van der Waals surface area contributed by atoms with Crippen LogP contribution in [0.4, 0.5) is 5.82 Å². The van der Waals surface area contributed by atoms with Crippen molar-refractivity contribution in [1.29, 1.82) is 0 Å². The van der Waals surface area contributed by atoms with Gasteiger partial charge in [-0.2, -0.15) is 0 Å². The van der Waals surface area contributed by atoms with Crippen LogP contribution in [0.5, 0.6) is 0 Å². The van der Waals surface area contributed by atoms with Crippen molar-refractivity contribution in [1.82, 2.24) is 10.3 Å². The van der Waals surface area contributed by atoms with Gasteiger partial charge < -0.3 is 10.2 Å². The second-order valence-electron chi connectivity index (χ2n) is 5.66. The Morgan fingerprint density at radius 2 is 2.00 bits per heavy atom. The van der Waals surface area contributed by atoms with Crippen LogP contribution < -0.4 is 10.2 Å². The summed E-state index contributed by atoms with van der Waals surface area (Å²) in [5.41, 5.74) is 1.36. The Hall–Kier alpha value is -1.09. The van der Waals surface area contributed by atoms with E-state index >= 15 is 0 Å². The van der Waals surface area contributed by atoms with E-state index in [1.807, 2.05) is 6.20 Å². The number of rotatable bonds is 4. The average Bonchev–Trinajstić information content (AvgIpc) is 2.82. The molecule has 100 valence electrons. The zero-order valence-electron chi connectivity index (χ0n) is 12.0. The summed E-state index contributed by atoms with van der Waals surface area (Å²) in [7, 11) is 0. The third kappa shape index (κ3) is 2.66. The van der Waals surface area contributed by atoms with Crippen molar-refractivity contribution in [2.45, 2.75) is 58.7 Å². The minimum atomic E-state index is 0.472. The molecule has 2 rings (SSSR count). The average molecular weight is 247 g/mol. The van der Waals surface area contributed by atoms with E-state index in [0.717, 1.165) is 12.4 Å². The zero-order valence-corrected chi connectivity index (χ0v) is 12.0. The molecule has 0 aromatic carbocycles. The second-order valence-corrected chi connectivity index (χ2v) is 5.66. The highest BCUT2D eigenvalue weighted by Crippen LogP contribution is 2.31. The molecule has 0 spiro atoms. The maximum atomic E-state index is 4.65. The van der Waals surface area contributed by atoms with Crippen molar-refractivity contribution in [3.63, 3.8) is 0 Å². The Bertz CT molecular complexity index is 373. The van der Waals surface area contributed by atoms with Gasteiger partial charge in [0.05, 0.1) is 0 Å². The molecule has 18 heavy (non-hydrogen) atoms. The van der Waals surface area contributed by atoms with E-state index in [4.69, 9.17) is 0 Å². The third-order valence-electron chi connectivity index (χ3n) is 3.61. The lowest BCUT2D eigenvalue weighted by molar-refractivity contribution is 0.581. The highest BCUT2D eigenvalue weighted by Gasteiger charge is 2.24. The summed E-state index contributed by atoms with van der Waals surface area (Å²) in [6.45, 7) is 10.1. The first kappa shape index (κ1) is 13.3. The van der Waals surface area contributed by atoms with Gasteiger partial charge in [-0.05, 0) is 53.1 Å². The summed E-state index contributed by atoms with van der Waals surface area (Å²) in [6.07, 6.45) is 4.40. The maximum Gasteiger partial charge on any atom is 0.133 e. The highest BCUT2D eigenvalue weighted by atomic mass is 15.2. The quantitative estimate of drug-likeness (QED) is 0.886. The van der Waals surface area contributed by atoms with Crippen LogP contribution in [0.15, 0.2) is 18.3 Å². The summed E-state index contributed by atoms with van der Waals surface area (Å²) >= 11 is 0. The molecule has 0 bridgehead atoms. The fourth-order valence-electron chi connectivity index (χ4n) is 2.93. The number of anilines is 1. The van der Waals surface area contributed by atoms with Gasteiger partial charge in [0.25, 0.3) is 0 Å². The van der Waals surface area contributed by atoms with Crippen LogP contribution in [0.2, 0.25) is 0 Å². The molecule has 0 radical (unpaired) electrons. The number of pyridine rings is 1. The molecule has 0 unspecified atom stereocenters. The first-order chi connectivity index (χ1) is 8.61. The first-order valence-corrected chi connectivity index (χ1v) is 7.08. The van der Waals surface area contributed by atoms with Crippen LogP contribution in [-0.4, -0.2) is 23.6 Å². The molecule has 1 fully saturated rings. The van der Waals surface area contributed by atoms with Gasteiger partial charge in [-0.25, -0.2) is 4.98 Å². The number of hydrogen-bond donors (Lipinski definition) is 1. The molecular weight excluding hydrogens is 222 g/mol. The summed E-state index contributed by atoms with van der Waals surface area (Å²) in [4.78, 5) is 7.06. The number of nitrogens with zero attached hydrogens (tertiary/aromatic N) is 2. The smallest absolute Gasteiger partial charge is 0.133 e. The standard InChI is InChI=1S/C15H25N3/c1-11(2)18(12(3)4)15-13(7-5-10-17-15)14-8-6-9-16-14/h5,7,10-12,14,16H,6,8-9H2,1-4H3/t14-/m0/s1. The number of nitrogens with one attached hydrogen (secondary N) is 1. The lowest BCUT2D eigenvalue weighted by Crippen LogP contribution is -2.38. The number of aromatic nitrogens is 1. The van der Waals surface area contributed by atoms with Crippen LogP contribution in [-0.2, 0) is 0 Å². The summed E-state index contributed by atoms with van der Waals surface area (Å²) in [5, 5.41) is 3.58. The molecule has 1 aromatic heterocycles. The zero-order chi connectivity index (χ0) is 13.1. The van der Waals surface area contributed by atoms with Crippen LogP contribution in [0.1, 0.15) is 52.1 Å². The van der Waals surface area contributed by atoms with Gasteiger partial charge in [0.15, 0.2) is 0 Å².